The van der Waals surface area contributed by atoms with E-state index in [1.54, 1.807) is 0 Å². The van der Waals surface area contributed by atoms with E-state index in [1.807, 2.05) is 25.7 Å². The number of carbonyl (C=O) groups excluding carboxylic acids is 1. The average molecular weight is 321 g/mol. The number of ether oxygens (including phenoxy) is 1. The quantitative estimate of drug-likeness (QED) is 0.703. The van der Waals surface area contributed by atoms with E-state index in [0.29, 0.717) is 13.5 Å². The van der Waals surface area contributed by atoms with E-state index in [4.69, 9.17) is 9.39 Å². The minimum Gasteiger partial charge on any atom is -0.444 e. The third kappa shape index (κ3) is 4.43. The van der Waals surface area contributed by atoms with Crippen molar-refractivity contribution in [3.63, 3.8) is 0 Å². The van der Waals surface area contributed by atoms with Crippen LogP contribution < -0.4 is 0 Å². The van der Waals surface area contributed by atoms with Crippen molar-refractivity contribution in [2.75, 3.05) is 13.1 Å². The molecule has 3 heterocycles. The third-order valence-corrected chi connectivity index (χ3v) is 5.61. The monoisotopic (exact) mass is 321 g/mol. The van der Waals surface area contributed by atoms with Crippen LogP contribution in [0, 0.1) is 0 Å². The van der Waals surface area contributed by atoms with Crippen LogP contribution in [0.4, 0.5) is 4.79 Å². The molecule has 0 aromatic carbocycles. The Labute approximate surface area is 141 Å². The standard InChI is InChI=1S/C18H32BNO3/c1-18(2,3)22-17(21)20-12-6-11-16(13-20)23-19-14-7-4-8-15(19)10-5-9-14/h14-16H,4-13H2,1-3H3. The highest BCUT2D eigenvalue weighted by Gasteiger charge is 2.43. The van der Waals surface area contributed by atoms with E-state index >= 15 is 0 Å². The Hall–Kier alpha value is -0.705. The van der Waals surface area contributed by atoms with Crippen LogP contribution in [0.3, 0.4) is 0 Å². The molecule has 3 rings (SSSR count). The molecule has 3 aliphatic heterocycles. The molecule has 1 amide bonds. The molecule has 1 atom stereocenters. The average Bonchev–Trinajstić information content (AvgIpc) is 2.45. The normalized spacial score (nSPS) is 31.9. The highest BCUT2D eigenvalue weighted by Crippen LogP contribution is 2.47. The summed E-state index contributed by atoms with van der Waals surface area (Å²) in [5.41, 5.74) is -0.425. The van der Waals surface area contributed by atoms with E-state index < -0.39 is 5.60 Å². The first-order chi connectivity index (χ1) is 10.9. The molecule has 5 heteroatoms. The number of piperidine rings is 1. The van der Waals surface area contributed by atoms with Crippen molar-refractivity contribution >= 4 is 13.0 Å². The van der Waals surface area contributed by atoms with Crippen LogP contribution in [0.15, 0.2) is 0 Å². The molecular weight excluding hydrogens is 289 g/mol. The summed E-state index contributed by atoms with van der Waals surface area (Å²) in [5.74, 6) is 1.53. The zero-order valence-electron chi connectivity index (χ0n) is 15.1. The number of hydrogen-bond donors (Lipinski definition) is 0. The molecular formula is C18H32BNO3. The summed E-state index contributed by atoms with van der Waals surface area (Å²) in [6.45, 7) is 7.71. The largest absolute Gasteiger partial charge is 0.444 e. The maximum absolute atomic E-state index is 12.3. The van der Waals surface area contributed by atoms with Gasteiger partial charge in [0.2, 0.25) is 0 Å². The molecule has 1 unspecified atom stereocenters. The lowest BCUT2D eigenvalue weighted by atomic mass is 9.38. The van der Waals surface area contributed by atoms with Gasteiger partial charge in [0.05, 0.1) is 6.10 Å². The lowest BCUT2D eigenvalue weighted by molar-refractivity contribution is 0.00619. The first kappa shape index (κ1) is 17.1. The number of hydrogen-bond acceptors (Lipinski definition) is 3. The summed E-state index contributed by atoms with van der Waals surface area (Å²) < 4.78 is 12.1. The van der Waals surface area contributed by atoms with Gasteiger partial charge in [-0.25, -0.2) is 4.79 Å². The van der Waals surface area contributed by atoms with Gasteiger partial charge in [0.15, 0.2) is 0 Å². The Morgan fingerprint density at radius 1 is 1.00 bits per heavy atom. The van der Waals surface area contributed by atoms with Crippen molar-refractivity contribution in [1.82, 2.24) is 4.90 Å². The molecule has 4 nitrogen and oxygen atoms in total. The van der Waals surface area contributed by atoms with Gasteiger partial charge in [0, 0.05) is 13.1 Å². The Kier molecular flexibility index (Phi) is 5.24. The summed E-state index contributed by atoms with van der Waals surface area (Å²) in [4.78, 5) is 14.1. The molecule has 130 valence electrons. The number of nitrogens with zero attached hydrogens (tertiary/aromatic N) is 1. The lowest BCUT2D eigenvalue weighted by Gasteiger charge is -2.43. The fourth-order valence-electron chi connectivity index (χ4n) is 4.60. The van der Waals surface area contributed by atoms with E-state index in [2.05, 4.69) is 0 Å². The minimum atomic E-state index is -0.425. The number of likely N-dealkylation sites (tertiary alicyclic amines) is 1. The van der Waals surface area contributed by atoms with Gasteiger partial charge in [-0.15, -0.1) is 0 Å². The van der Waals surface area contributed by atoms with Crippen LogP contribution in [0.25, 0.3) is 0 Å². The second-order valence-electron chi connectivity index (χ2n) is 8.67. The van der Waals surface area contributed by atoms with Crippen LogP contribution in [-0.4, -0.2) is 42.7 Å². The van der Waals surface area contributed by atoms with Crippen molar-refractivity contribution in [2.24, 2.45) is 0 Å². The Morgan fingerprint density at radius 2 is 1.61 bits per heavy atom. The molecule has 0 saturated carbocycles. The molecule has 0 radical (unpaired) electrons. The van der Waals surface area contributed by atoms with Gasteiger partial charge in [0.25, 0.3) is 6.92 Å². The van der Waals surface area contributed by atoms with Crippen molar-refractivity contribution in [2.45, 2.75) is 95.5 Å². The number of amides is 1. The van der Waals surface area contributed by atoms with Gasteiger partial charge in [-0.2, -0.15) is 0 Å². The number of fused-ring (bicyclic) bond motifs is 2. The zero-order chi connectivity index (χ0) is 16.4. The van der Waals surface area contributed by atoms with Gasteiger partial charge in [-0.05, 0) is 45.2 Å². The Morgan fingerprint density at radius 3 is 2.17 bits per heavy atom. The molecule has 23 heavy (non-hydrogen) atoms. The van der Waals surface area contributed by atoms with Crippen LogP contribution >= 0.6 is 0 Å². The SMILES string of the molecule is CC(C)(C)OC(=O)N1CCCC(OB2C3CCCC2CCC3)C1. The van der Waals surface area contributed by atoms with Crippen LogP contribution in [0.1, 0.15) is 72.1 Å². The van der Waals surface area contributed by atoms with Gasteiger partial charge >= 0.3 is 6.09 Å². The predicted molar refractivity (Wildman–Crippen MR) is 92.9 cm³/mol. The first-order valence-electron chi connectivity index (χ1n) is 9.56. The summed E-state index contributed by atoms with van der Waals surface area (Å²) in [6, 6.07) is 0. The molecule has 3 fully saturated rings. The highest BCUT2D eigenvalue weighted by molar-refractivity contribution is 6.56. The van der Waals surface area contributed by atoms with E-state index in [-0.39, 0.29) is 12.2 Å². The maximum atomic E-state index is 12.3. The second kappa shape index (κ2) is 7.04. The van der Waals surface area contributed by atoms with Gasteiger partial charge in [-0.1, -0.05) is 38.5 Å². The van der Waals surface area contributed by atoms with E-state index in [0.717, 1.165) is 31.0 Å². The van der Waals surface area contributed by atoms with Gasteiger partial charge in [0.1, 0.15) is 5.60 Å². The zero-order valence-corrected chi connectivity index (χ0v) is 15.1. The smallest absolute Gasteiger partial charge is 0.410 e. The minimum absolute atomic E-state index is 0.186. The van der Waals surface area contributed by atoms with Crippen LogP contribution in [0.2, 0.25) is 11.6 Å². The van der Waals surface area contributed by atoms with E-state index in [1.165, 1.54) is 38.5 Å². The van der Waals surface area contributed by atoms with Crippen LogP contribution in [0.5, 0.6) is 0 Å². The molecule has 0 spiro atoms. The summed E-state index contributed by atoms with van der Waals surface area (Å²) in [6.07, 6.45) is 10.2. The molecule has 0 aliphatic carbocycles. The van der Waals surface area contributed by atoms with E-state index in [9.17, 15) is 4.79 Å². The third-order valence-electron chi connectivity index (χ3n) is 5.61. The summed E-state index contributed by atoms with van der Waals surface area (Å²) in [7, 11) is 0. The predicted octanol–water partition coefficient (Wildman–Crippen LogP) is 4.50. The van der Waals surface area contributed by atoms with Crippen molar-refractivity contribution in [3.8, 4) is 0 Å². The highest BCUT2D eigenvalue weighted by atomic mass is 16.6. The summed E-state index contributed by atoms with van der Waals surface area (Å²) in [5, 5.41) is 0. The lowest BCUT2D eigenvalue weighted by Crippen LogP contribution is -2.48. The van der Waals surface area contributed by atoms with Gasteiger partial charge < -0.3 is 14.3 Å². The molecule has 0 aromatic heterocycles. The van der Waals surface area contributed by atoms with Gasteiger partial charge in [-0.3, -0.25) is 0 Å². The number of carbonyl (C=O) groups is 1. The summed E-state index contributed by atoms with van der Waals surface area (Å²) >= 11 is 0. The molecule has 3 saturated heterocycles. The molecule has 2 bridgehead atoms. The molecule has 0 N–H and O–H groups in total. The van der Waals surface area contributed by atoms with Crippen molar-refractivity contribution < 1.29 is 14.2 Å². The Balaban J connectivity index is 1.55. The second-order valence-corrected chi connectivity index (χ2v) is 8.67. The van der Waals surface area contributed by atoms with Crippen molar-refractivity contribution in [3.05, 3.63) is 0 Å². The number of rotatable bonds is 2. The first-order valence-corrected chi connectivity index (χ1v) is 9.56. The van der Waals surface area contributed by atoms with Crippen LogP contribution in [-0.2, 0) is 9.39 Å². The molecule has 3 aliphatic rings. The maximum Gasteiger partial charge on any atom is 0.410 e. The fraction of sp³-hybridized carbons (Fsp3) is 0.944. The Bertz CT molecular complexity index is 401. The van der Waals surface area contributed by atoms with Crippen molar-refractivity contribution in [1.29, 1.82) is 0 Å². The topological polar surface area (TPSA) is 38.8 Å². The molecule has 0 aromatic rings. The fourth-order valence-corrected chi connectivity index (χ4v) is 4.60.